The number of aromatic nitrogens is 1. The van der Waals surface area contributed by atoms with Gasteiger partial charge in [0.25, 0.3) is 0 Å². The molecule has 0 aliphatic rings. The SMILES string of the molecule is O=C(/C=C/c1cccnc1)Nc1ccc(F)cc1C(=O)O. The molecule has 5 nitrogen and oxygen atoms in total. The minimum absolute atomic E-state index is 0.0322. The highest BCUT2D eigenvalue weighted by Crippen LogP contribution is 2.17. The number of carbonyl (C=O) groups is 2. The van der Waals surface area contributed by atoms with Gasteiger partial charge in [0.05, 0.1) is 11.3 Å². The monoisotopic (exact) mass is 286 g/mol. The zero-order chi connectivity index (χ0) is 15.2. The van der Waals surface area contributed by atoms with Crippen molar-refractivity contribution in [3.63, 3.8) is 0 Å². The number of anilines is 1. The molecule has 2 N–H and O–H groups in total. The third-order valence-electron chi connectivity index (χ3n) is 2.58. The van der Waals surface area contributed by atoms with Crippen LogP contribution in [-0.2, 0) is 4.79 Å². The van der Waals surface area contributed by atoms with Crippen molar-refractivity contribution in [3.05, 3.63) is 65.7 Å². The Kier molecular flexibility index (Phi) is 4.40. The summed E-state index contributed by atoms with van der Waals surface area (Å²) in [4.78, 5) is 26.6. The Balaban J connectivity index is 2.13. The summed E-state index contributed by atoms with van der Waals surface area (Å²) in [6, 6.07) is 6.61. The van der Waals surface area contributed by atoms with E-state index in [2.05, 4.69) is 10.3 Å². The van der Waals surface area contributed by atoms with Crippen LogP contribution in [0, 0.1) is 5.82 Å². The molecule has 0 radical (unpaired) electrons. The van der Waals surface area contributed by atoms with Crippen molar-refractivity contribution in [2.24, 2.45) is 0 Å². The number of rotatable bonds is 4. The van der Waals surface area contributed by atoms with Crippen LogP contribution in [0.3, 0.4) is 0 Å². The second kappa shape index (κ2) is 6.42. The molecule has 6 heteroatoms. The first-order chi connectivity index (χ1) is 10.1. The summed E-state index contributed by atoms with van der Waals surface area (Å²) in [5.74, 6) is -2.52. The molecule has 1 heterocycles. The van der Waals surface area contributed by atoms with Crippen molar-refractivity contribution in [1.29, 1.82) is 0 Å². The zero-order valence-electron chi connectivity index (χ0n) is 10.8. The summed E-state index contributed by atoms with van der Waals surface area (Å²) >= 11 is 0. The van der Waals surface area contributed by atoms with Gasteiger partial charge in [-0.15, -0.1) is 0 Å². The first-order valence-corrected chi connectivity index (χ1v) is 5.98. The predicted octanol–water partition coefficient (Wildman–Crippen LogP) is 2.57. The average Bonchev–Trinajstić information content (AvgIpc) is 2.48. The molecule has 1 aromatic carbocycles. The van der Waals surface area contributed by atoms with Gasteiger partial charge in [-0.05, 0) is 35.9 Å². The molecule has 2 aromatic rings. The molecular formula is C15H11FN2O3. The highest BCUT2D eigenvalue weighted by molar-refractivity contribution is 6.06. The van der Waals surface area contributed by atoms with Gasteiger partial charge >= 0.3 is 5.97 Å². The van der Waals surface area contributed by atoms with Gasteiger partial charge in [0.1, 0.15) is 5.82 Å². The molecule has 1 aromatic heterocycles. The lowest BCUT2D eigenvalue weighted by Gasteiger charge is -2.06. The van der Waals surface area contributed by atoms with Gasteiger partial charge < -0.3 is 10.4 Å². The number of carboxylic acid groups (broad SMARTS) is 1. The first kappa shape index (κ1) is 14.4. The summed E-state index contributed by atoms with van der Waals surface area (Å²) in [7, 11) is 0. The Morgan fingerprint density at radius 3 is 2.76 bits per heavy atom. The quantitative estimate of drug-likeness (QED) is 0.847. The van der Waals surface area contributed by atoms with Crippen LogP contribution in [0.5, 0.6) is 0 Å². The molecular weight excluding hydrogens is 275 g/mol. The maximum absolute atomic E-state index is 13.0. The first-order valence-electron chi connectivity index (χ1n) is 5.98. The van der Waals surface area contributed by atoms with Gasteiger partial charge in [-0.1, -0.05) is 6.07 Å². The second-order valence-electron chi connectivity index (χ2n) is 4.10. The van der Waals surface area contributed by atoms with Crippen molar-refractivity contribution < 1.29 is 19.1 Å². The third-order valence-corrected chi connectivity index (χ3v) is 2.58. The van der Waals surface area contributed by atoms with E-state index in [0.29, 0.717) is 0 Å². The summed E-state index contributed by atoms with van der Waals surface area (Å²) in [5.41, 5.74) is 0.452. The number of benzene rings is 1. The number of amides is 1. The highest BCUT2D eigenvalue weighted by Gasteiger charge is 2.12. The fourth-order valence-electron chi connectivity index (χ4n) is 1.62. The lowest BCUT2D eigenvalue weighted by Crippen LogP contribution is -2.12. The van der Waals surface area contributed by atoms with Gasteiger partial charge in [-0.25, -0.2) is 9.18 Å². The summed E-state index contributed by atoms with van der Waals surface area (Å²) in [6.45, 7) is 0. The van der Waals surface area contributed by atoms with Gasteiger partial charge in [0.2, 0.25) is 5.91 Å². The van der Waals surface area contributed by atoms with Gasteiger partial charge in [-0.3, -0.25) is 9.78 Å². The number of nitrogens with one attached hydrogen (secondary N) is 1. The molecule has 1 amide bonds. The Bertz CT molecular complexity index is 699. The topological polar surface area (TPSA) is 79.3 Å². The van der Waals surface area contributed by atoms with Crippen LogP contribution >= 0.6 is 0 Å². The van der Waals surface area contributed by atoms with Crippen LogP contribution < -0.4 is 5.32 Å². The average molecular weight is 286 g/mol. The van der Waals surface area contributed by atoms with Crippen LogP contribution in [0.2, 0.25) is 0 Å². The van der Waals surface area contributed by atoms with E-state index in [1.54, 1.807) is 24.5 Å². The standard InChI is InChI=1S/C15H11FN2O3/c16-11-4-5-13(12(8-11)15(20)21)18-14(19)6-3-10-2-1-7-17-9-10/h1-9H,(H,18,19)(H,20,21)/b6-3+. The van der Waals surface area contributed by atoms with Crippen molar-refractivity contribution in [2.45, 2.75) is 0 Å². The number of aromatic carboxylic acids is 1. The van der Waals surface area contributed by atoms with E-state index in [1.807, 2.05) is 0 Å². The molecule has 0 fully saturated rings. The molecule has 0 saturated heterocycles. The van der Waals surface area contributed by atoms with Crippen molar-refractivity contribution >= 4 is 23.6 Å². The molecule has 0 unspecified atom stereocenters. The normalized spacial score (nSPS) is 10.5. The van der Waals surface area contributed by atoms with Gasteiger partial charge in [-0.2, -0.15) is 0 Å². The number of carboxylic acids is 1. The second-order valence-corrected chi connectivity index (χ2v) is 4.10. The van der Waals surface area contributed by atoms with Crippen LogP contribution in [0.25, 0.3) is 6.08 Å². The van der Waals surface area contributed by atoms with E-state index in [9.17, 15) is 14.0 Å². The number of carbonyl (C=O) groups excluding carboxylic acids is 1. The molecule has 0 saturated carbocycles. The van der Waals surface area contributed by atoms with Gasteiger partial charge in [0, 0.05) is 18.5 Å². The Morgan fingerprint density at radius 1 is 1.29 bits per heavy atom. The Labute approximate surface area is 119 Å². The summed E-state index contributed by atoms with van der Waals surface area (Å²) < 4.78 is 13.0. The number of nitrogens with zero attached hydrogens (tertiary/aromatic N) is 1. The molecule has 21 heavy (non-hydrogen) atoms. The van der Waals surface area contributed by atoms with E-state index in [-0.39, 0.29) is 11.3 Å². The summed E-state index contributed by atoms with van der Waals surface area (Å²) in [6.07, 6.45) is 5.96. The number of pyridine rings is 1. The van der Waals surface area contributed by atoms with Crippen molar-refractivity contribution in [1.82, 2.24) is 4.98 Å². The lowest BCUT2D eigenvalue weighted by atomic mass is 10.1. The molecule has 0 aliphatic heterocycles. The smallest absolute Gasteiger partial charge is 0.337 e. The molecule has 0 spiro atoms. The highest BCUT2D eigenvalue weighted by atomic mass is 19.1. The summed E-state index contributed by atoms with van der Waals surface area (Å²) in [5, 5.41) is 11.4. The zero-order valence-corrected chi connectivity index (χ0v) is 10.8. The van der Waals surface area contributed by atoms with E-state index >= 15 is 0 Å². The fourth-order valence-corrected chi connectivity index (χ4v) is 1.62. The maximum Gasteiger partial charge on any atom is 0.337 e. The van der Waals surface area contributed by atoms with E-state index < -0.39 is 17.7 Å². The van der Waals surface area contributed by atoms with E-state index in [1.165, 1.54) is 18.2 Å². The Hall–Kier alpha value is -3.02. The predicted molar refractivity (Wildman–Crippen MR) is 75.3 cm³/mol. The maximum atomic E-state index is 13.0. The van der Waals surface area contributed by atoms with Crippen LogP contribution in [0.4, 0.5) is 10.1 Å². The number of halogens is 1. The molecule has 0 bridgehead atoms. The molecule has 2 rings (SSSR count). The van der Waals surface area contributed by atoms with Crippen LogP contribution in [-0.4, -0.2) is 22.0 Å². The van der Waals surface area contributed by atoms with E-state index in [0.717, 1.165) is 17.7 Å². The third kappa shape index (κ3) is 3.97. The minimum Gasteiger partial charge on any atom is -0.478 e. The number of hydrogen-bond donors (Lipinski definition) is 2. The van der Waals surface area contributed by atoms with Crippen LogP contribution in [0.15, 0.2) is 48.8 Å². The van der Waals surface area contributed by atoms with Crippen molar-refractivity contribution in [3.8, 4) is 0 Å². The van der Waals surface area contributed by atoms with Crippen LogP contribution in [0.1, 0.15) is 15.9 Å². The number of hydrogen-bond acceptors (Lipinski definition) is 3. The fraction of sp³-hybridized carbons (Fsp3) is 0. The lowest BCUT2D eigenvalue weighted by molar-refractivity contribution is -0.111. The van der Waals surface area contributed by atoms with Crippen molar-refractivity contribution in [2.75, 3.05) is 5.32 Å². The Morgan fingerprint density at radius 2 is 2.10 bits per heavy atom. The molecule has 0 atom stereocenters. The molecule has 0 aliphatic carbocycles. The van der Waals surface area contributed by atoms with Gasteiger partial charge in [0.15, 0.2) is 0 Å². The minimum atomic E-state index is -1.32. The molecule has 106 valence electrons. The van der Waals surface area contributed by atoms with E-state index in [4.69, 9.17) is 5.11 Å². The largest absolute Gasteiger partial charge is 0.478 e.